The highest BCUT2D eigenvalue weighted by Crippen LogP contribution is 2.34. The van der Waals surface area contributed by atoms with Crippen molar-refractivity contribution in [2.75, 3.05) is 64.7 Å². The van der Waals surface area contributed by atoms with Gasteiger partial charge in [0, 0.05) is 37.6 Å². The summed E-state index contributed by atoms with van der Waals surface area (Å²) in [6.07, 6.45) is 0. The van der Waals surface area contributed by atoms with E-state index in [-0.39, 0.29) is 12.5 Å². The fraction of sp³-hybridized carbons (Fsp3) is 0.423. The first kappa shape index (κ1) is 25.2. The van der Waals surface area contributed by atoms with Gasteiger partial charge in [-0.15, -0.1) is 0 Å². The molecule has 36 heavy (non-hydrogen) atoms. The van der Waals surface area contributed by atoms with E-state index in [0.29, 0.717) is 77.8 Å². The van der Waals surface area contributed by atoms with Crippen molar-refractivity contribution in [3.05, 3.63) is 35.9 Å². The van der Waals surface area contributed by atoms with Gasteiger partial charge in [-0.2, -0.15) is 4.98 Å². The summed E-state index contributed by atoms with van der Waals surface area (Å²) in [6.45, 7) is 6.39. The molecule has 1 aliphatic heterocycles. The summed E-state index contributed by atoms with van der Waals surface area (Å²) in [7, 11) is 4.74. The molecule has 0 spiro atoms. The summed E-state index contributed by atoms with van der Waals surface area (Å²) in [6, 6.07) is 9.35. The summed E-state index contributed by atoms with van der Waals surface area (Å²) in [5, 5.41) is 0.694. The Morgan fingerprint density at radius 1 is 0.917 bits per heavy atom. The van der Waals surface area contributed by atoms with Crippen molar-refractivity contribution in [2.24, 2.45) is 0 Å². The first-order chi connectivity index (χ1) is 17.3. The highest BCUT2D eigenvalue weighted by Gasteiger charge is 2.24. The van der Waals surface area contributed by atoms with Gasteiger partial charge < -0.3 is 34.5 Å². The van der Waals surface area contributed by atoms with Gasteiger partial charge in [-0.05, 0) is 29.7 Å². The van der Waals surface area contributed by atoms with Crippen LogP contribution in [0.25, 0.3) is 10.9 Å². The number of nitrogen functional groups attached to an aromatic ring is 1. The lowest BCUT2D eigenvalue weighted by atomic mass is 10.0. The van der Waals surface area contributed by atoms with Gasteiger partial charge >= 0.3 is 0 Å². The molecule has 0 unspecified atom stereocenters. The summed E-state index contributed by atoms with van der Waals surface area (Å²) in [4.78, 5) is 25.8. The minimum atomic E-state index is -0.0829. The first-order valence-electron chi connectivity index (χ1n) is 11.9. The highest BCUT2D eigenvalue weighted by atomic mass is 16.5. The lowest BCUT2D eigenvalue weighted by molar-refractivity contribution is -0.133. The van der Waals surface area contributed by atoms with Crippen LogP contribution in [-0.2, 0) is 4.79 Å². The Morgan fingerprint density at radius 3 is 2.19 bits per heavy atom. The maximum absolute atomic E-state index is 12.8. The molecule has 0 bridgehead atoms. The van der Waals surface area contributed by atoms with Crippen LogP contribution in [0.2, 0.25) is 0 Å². The van der Waals surface area contributed by atoms with E-state index in [2.05, 4.69) is 23.8 Å². The molecule has 1 fully saturated rings. The van der Waals surface area contributed by atoms with Crippen molar-refractivity contribution in [3.8, 4) is 23.0 Å². The van der Waals surface area contributed by atoms with Crippen LogP contribution in [0.3, 0.4) is 0 Å². The second-order valence-electron chi connectivity index (χ2n) is 8.85. The topological polar surface area (TPSA) is 112 Å². The molecule has 10 nitrogen and oxygen atoms in total. The Balaban J connectivity index is 1.39. The number of nitrogens with two attached hydrogens (primary N) is 1. The number of ether oxygens (including phenoxy) is 4. The molecule has 3 aromatic rings. The lowest BCUT2D eigenvalue weighted by Gasteiger charge is -2.34. The van der Waals surface area contributed by atoms with E-state index in [9.17, 15) is 4.79 Å². The normalized spacial score (nSPS) is 13.7. The molecule has 4 rings (SSSR count). The molecule has 1 aromatic heterocycles. The van der Waals surface area contributed by atoms with Crippen molar-refractivity contribution < 1.29 is 23.7 Å². The molecular weight excluding hydrogens is 462 g/mol. The third-order valence-corrected chi connectivity index (χ3v) is 6.34. The average Bonchev–Trinajstić information content (AvgIpc) is 2.90. The van der Waals surface area contributed by atoms with Gasteiger partial charge in [0.25, 0.3) is 5.91 Å². The number of benzene rings is 2. The SMILES string of the molecule is COc1cc2nc(N3CCN(C(=O)COc4ccc(C(C)C)cc4OC)CC3)nc(N)c2cc1OC. The molecule has 0 aliphatic carbocycles. The maximum atomic E-state index is 12.8. The predicted molar refractivity (Wildman–Crippen MR) is 138 cm³/mol. The molecule has 2 N–H and O–H groups in total. The van der Waals surface area contributed by atoms with Crippen LogP contribution in [0.15, 0.2) is 30.3 Å². The van der Waals surface area contributed by atoms with E-state index in [4.69, 9.17) is 24.7 Å². The van der Waals surface area contributed by atoms with Gasteiger partial charge in [-0.1, -0.05) is 19.9 Å². The van der Waals surface area contributed by atoms with Crippen molar-refractivity contribution >= 4 is 28.6 Å². The predicted octanol–water partition coefficient (Wildman–Crippen LogP) is 3.09. The standard InChI is InChI=1S/C26H33N5O5/c1-16(2)17-6-7-20(21(12-17)33-3)36-15-24(32)30-8-10-31(11-9-30)26-28-19-14-23(35-5)22(34-4)13-18(19)25(27)29-26/h6-7,12-14,16H,8-11,15H2,1-5H3,(H2,27,28,29). The largest absolute Gasteiger partial charge is 0.493 e. The van der Waals surface area contributed by atoms with Crippen LogP contribution in [0.5, 0.6) is 23.0 Å². The Hall–Kier alpha value is -3.95. The maximum Gasteiger partial charge on any atom is 0.260 e. The lowest BCUT2D eigenvalue weighted by Crippen LogP contribution is -2.50. The number of hydrogen-bond acceptors (Lipinski definition) is 9. The number of methoxy groups -OCH3 is 3. The molecule has 10 heteroatoms. The zero-order chi connectivity index (χ0) is 25.8. The van der Waals surface area contributed by atoms with Gasteiger partial charge in [-0.25, -0.2) is 4.98 Å². The van der Waals surface area contributed by atoms with E-state index >= 15 is 0 Å². The van der Waals surface area contributed by atoms with Gasteiger partial charge in [-0.3, -0.25) is 4.79 Å². The number of carbonyl (C=O) groups is 1. The molecule has 1 amide bonds. The summed E-state index contributed by atoms with van der Waals surface area (Å²) in [5.74, 6) is 3.49. The number of rotatable bonds is 8. The minimum Gasteiger partial charge on any atom is -0.493 e. The third kappa shape index (κ3) is 5.17. The highest BCUT2D eigenvalue weighted by molar-refractivity contribution is 5.91. The van der Waals surface area contributed by atoms with Gasteiger partial charge in [0.2, 0.25) is 5.95 Å². The van der Waals surface area contributed by atoms with E-state index in [1.807, 2.05) is 23.1 Å². The van der Waals surface area contributed by atoms with Crippen molar-refractivity contribution in [3.63, 3.8) is 0 Å². The Morgan fingerprint density at radius 2 is 1.56 bits per heavy atom. The summed E-state index contributed by atoms with van der Waals surface area (Å²) in [5.41, 5.74) is 8.05. The average molecular weight is 496 g/mol. The van der Waals surface area contributed by atoms with E-state index in [0.717, 1.165) is 5.56 Å². The van der Waals surface area contributed by atoms with Crippen LogP contribution in [-0.4, -0.2) is 74.9 Å². The Labute approximate surface area is 210 Å². The minimum absolute atomic E-state index is 0.0571. The monoisotopic (exact) mass is 495 g/mol. The number of piperazine rings is 1. The fourth-order valence-electron chi connectivity index (χ4n) is 4.16. The molecule has 1 aliphatic rings. The van der Waals surface area contributed by atoms with Crippen LogP contribution in [0.1, 0.15) is 25.3 Å². The first-order valence-corrected chi connectivity index (χ1v) is 11.9. The number of aromatic nitrogens is 2. The number of fused-ring (bicyclic) bond motifs is 1. The van der Waals surface area contributed by atoms with E-state index in [1.54, 1.807) is 38.4 Å². The fourth-order valence-corrected chi connectivity index (χ4v) is 4.16. The molecule has 0 radical (unpaired) electrons. The second kappa shape index (κ2) is 10.8. The smallest absolute Gasteiger partial charge is 0.260 e. The summed E-state index contributed by atoms with van der Waals surface area (Å²) >= 11 is 0. The molecule has 2 aromatic carbocycles. The molecule has 0 saturated carbocycles. The van der Waals surface area contributed by atoms with E-state index in [1.165, 1.54) is 0 Å². The van der Waals surface area contributed by atoms with Crippen LogP contribution < -0.4 is 29.6 Å². The number of carbonyl (C=O) groups excluding carboxylic acids is 1. The van der Waals surface area contributed by atoms with Crippen LogP contribution in [0.4, 0.5) is 11.8 Å². The molecule has 1 saturated heterocycles. The number of anilines is 2. The molecular formula is C26H33N5O5. The molecule has 2 heterocycles. The Bertz CT molecular complexity index is 1240. The molecule has 0 atom stereocenters. The van der Waals surface area contributed by atoms with Crippen LogP contribution in [0, 0.1) is 0 Å². The number of nitrogens with zero attached hydrogens (tertiary/aromatic N) is 4. The third-order valence-electron chi connectivity index (χ3n) is 6.34. The van der Waals surface area contributed by atoms with E-state index < -0.39 is 0 Å². The zero-order valence-electron chi connectivity index (χ0n) is 21.4. The molecule has 192 valence electrons. The second-order valence-corrected chi connectivity index (χ2v) is 8.85. The van der Waals surface area contributed by atoms with Gasteiger partial charge in [0.1, 0.15) is 5.82 Å². The van der Waals surface area contributed by atoms with Crippen molar-refractivity contribution in [1.29, 1.82) is 0 Å². The van der Waals surface area contributed by atoms with Gasteiger partial charge in [0.05, 0.1) is 26.8 Å². The Kier molecular flexibility index (Phi) is 7.52. The zero-order valence-corrected chi connectivity index (χ0v) is 21.4. The van der Waals surface area contributed by atoms with Crippen LogP contribution >= 0.6 is 0 Å². The number of amides is 1. The number of hydrogen-bond donors (Lipinski definition) is 1. The van der Waals surface area contributed by atoms with Crippen molar-refractivity contribution in [1.82, 2.24) is 14.9 Å². The quantitative estimate of drug-likeness (QED) is 0.504. The van der Waals surface area contributed by atoms with Gasteiger partial charge in [0.15, 0.2) is 29.6 Å². The van der Waals surface area contributed by atoms with Crippen molar-refractivity contribution in [2.45, 2.75) is 19.8 Å². The summed E-state index contributed by atoms with van der Waals surface area (Å²) < 4.78 is 22.0.